The molecule has 5 amide bonds. The Morgan fingerprint density at radius 3 is 2.08 bits per heavy atom. The third kappa shape index (κ3) is 8.81. The zero-order chi connectivity index (χ0) is 29.3. The number of aliphatic carboxylic acids is 1. The van der Waals surface area contributed by atoms with Gasteiger partial charge in [-0.2, -0.15) is 0 Å². The predicted octanol–water partition coefficient (Wildman–Crippen LogP) is -1.63. The van der Waals surface area contributed by atoms with Gasteiger partial charge in [-0.25, -0.2) is 4.79 Å². The van der Waals surface area contributed by atoms with Crippen molar-refractivity contribution in [3.05, 3.63) is 36.0 Å². The number of carbonyl (C=O) groups excluding carboxylic acids is 5. The normalized spacial score (nSPS) is 14.8. The van der Waals surface area contributed by atoms with Crippen molar-refractivity contribution < 1.29 is 33.9 Å². The molecule has 0 fully saturated rings. The molecule has 0 aliphatic heterocycles. The van der Waals surface area contributed by atoms with Gasteiger partial charge in [0.1, 0.15) is 18.1 Å². The van der Waals surface area contributed by atoms with Gasteiger partial charge >= 0.3 is 5.97 Å². The molecular formula is C25H35N7O7. The number of benzene rings is 1. The number of nitrogens with one attached hydrogen (secondary N) is 4. The van der Waals surface area contributed by atoms with Gasteiger partial charge in [-0.3, -0.25) is 24.0 Å². The molecule has 0 unspecified atom stereocenters. The van der Waals surface area contributed by atoms with Crippen molar-refractivity contribution >= 4 is 46.4 Å². The van der Waals surface area contributed by atoms with Crippen LogP contribution >= 0.6 is 0 Å². The van der Waals surface area contributed by atoms with E-state index < -0.39 is 78.4 Å². The number of hydrogen-bond acceptors (Lipinski definition) is 7. The van der Waals surface area contributed by atoms with Crippen LogP contribution in [0.2, 0.25) is 0 Å². The minimum Gasteiger partial charge on any atom is -0.480 e. The summed E-state index contributed by atoms with van der Waals surface area (Å²) in [6.45, 7) is 3.37. The number of carboxylic acid groups (broad SMARTS) is 1. The van der Waals surface area contributed by atoms with Gasteiger partial charge in [0.15, 0.2) is 0 Å². The molecule has 14 nitrogen and oxygen atoms in total. The third-order valence-electron chi connectivity index (χ3n) is 6.30. The summed E-state index contributed by atoms with van der Waals surface area (Å²) >= 11 is 0. The fourth-order valence-electron chi connectivity index (χ4n) is 3.94. The number of carboxylic acids is 1. The Bertz CT molecular complexity index is 1230. The van der Waals surface area contributed by atoms with Gasteiger partial charge in [0.05, 0.1) is 18.9 Å². The summed E-state index contributed by atoms with van der Waals surface area (Å²) in [6, 6.07) is 1.79. The second-order valence-electron chi connectivity index (χ2n) is 9.34. The van der Waals surface area contributed by atoms with Gasteiger partial charge in [-0.15, -0.1) is 0 Å². The Kier molecular flexibility index (Phi) is 11.0. The lowest BCUT2D eigenvalue weighted by atomic mass is 9.98. The molecule has 11 N–H and O–H groups in total. The van der Waals surface area contributed by atoms with E-state index >= 15 is 0 Å². The van der Waals surface area contributed by atoms with Crippen molar-refractivity contribution in [1.29, 1.82) is 0 Å². The second-order valence-corrected chi connectivity index (χ2v) is 9.34. The van der Waals surface area contributed by atoms with E-state index in [1.165, 1.54) is 0 Å². The van der Waals surface area contributed by atoms with Gasteiger partial charge in [-0.1, -0.05) is 38.5 Å². The van der Waals surface area contributed by atoms with Gasteiger partial charge in [0.2, 0.25) is 29.5 Å². The number of hydrogen-bond donors (Lipinski definition) is 8. The van der Waals surface area contributed by atoms with Gasteiger partial charge in [-0.05, 0) is 17.5 Å². The average molecular weight is 546 g/mol. The summed E-state index contributed by atoms with van der Waals surface area (Å²) in [6.07, 6.45) is 0.942. The van der Waals surface area contributed by atoms with Crippen LogP contribution in [0.1, 0.15) is 38.7 Å². The Morgan fingerprint density at radius 1 is 0.897 bits per heavy atom. The smallest absolute Gasteiger partial charge is 0.326 e. The van der Waals surface area contributed by atoms with Crippen LogP contribution in [0.5, 0.6) is 0 Å². The highest BCUT2D eigenvalue weighted by Gasteiger charge is 2.33. The fourth-order valence-corrected chi connectivity index (χ4v) is 3.94. The van der Waals surface area contributed by atoms with E-state index in [-0.39, 0.29) is 6.42 Å². The standard InChI is InChI=1S/C25H35N7O7/c1-3-12(2)21(25(38)39)32-24(37)18(10-20(28)34)31-23(36)17(30-22(35)15(26)9-19(27)33)8-13-11-29-16-7-5-4-6-14(13)16/h4-7,11-12,15,17-18,21,29H,3,8-10,26H2,1-2H3,(H2,27,33)(H2,28,34)(H,30,35)(H,31,36)(H,32,37)(H,38,39)/t12-,15-,17-,18-,21-/m0/s1. The third-order valence-corrected chi connectivity index (χ3v) is 6.30. The molecule has 0 aliphatic rings. The molecule has 2 aromatic rings. The molecule has 5 atom stereocenters. The molecule has 0 radical (unpaired) electrons. The van der Waals surface area contributed by atoms with Crippen LogP contribution in [0.4, 0.5) is 0 Å². The van der Waals surface area contributed by atoms with E-state index in [1.54, 1.807) is 32.2 Å². The second kappa shape index (κ2) is 13.9. The maximum atomic E-state index is 13.4. The highest BCUT2D eigenvalue weighted by atomic mass is 16.4. The average Bonchev–Trinajstić information content (AvgIpc) is 3.27. The summed E-state index contributed by atoms with van der Waals surface area (Å²) in [4.78, 5) is 76.6. The molecule has 0 spiro atoms. The molecule has 0 saturated carbocycles. The van der Waals surface area contributed by atoms with Crippen LogP contribution in [-0.4, -0.2) is 69.8 Å². The number of carbonyl (C=O) groups is 6. The zero-order valence-electron chi connectivity index (χ0n) is 21.7. The summed E-state index contributed by atoms with van der Waals surface area (Å²) in [5.74, 6) is -6.11. The topological polar surface area (TPSA) is 253 Å². The van der Waals surface area contributed by atoms with Crippen LogP contribution < -0.4 is 33.2 Å². The fraction of sp³-hybridized carbons (Fsp3) is 0.440. The number of para-hydroxylation sites is 1. The Balaban J connectivity index is 2.33. The van der Waals surface area contributed by atoms with Crippen LogP contribution in [0.3, 0.4) is 0 Å². The summed E-state index contributed by atoms with van der Waals surface area (Å²) < 4.78 is 0. The molecule has 0 aliphatic carbocycles. The van der Waals surface area contributed by atoms with Crippen LogP contribution in [0.15, 0.2) is 30.5 Å². The number of aromatic amines is 1. The van der Waals surface area contributed by atoms with Gasteiger partial charge in [0, 0.05) is 23.5 Å². The molecule has 14 heteroatoms. The van der Waals surface area contributed by atoms with Crippen LogP contribution in [-0.2, 0) is 35.2 Å². The van der Waals surface area contributed by atoms with E-state index in [0.29, 0.717) is 12.0 Å². The van der Waals surface area contributed by atoms with Crippen molar-refractivity contribution in [2.75, 3.05) is 0 Å². The van der Waals surface area contributed by atoms with E-state index in [0.717, 1.165) is 10.9 Å². The number of rotatable bonds is 15. The van der Waals surface area contributed by atoms with E-state index in [9.17, 15) is 33.9 Å². The van der Waals surface area contributed by atoms with Crippen molar-refractivity contribution in [3.8, 4) is 0 Å². The molecule has 212 valence electrons. The molecule has 1 heterocycles. The Hall–Kier alpha value is -4.46. The molecular weight excluding hydrogens is 510 g/mol. The predicted molar refractivity (Wildman–Crippen MR) is 140 cm³/mol. The van der Waals surface area contributed by atoms with Gasteiger partial charge in [0.25, 0.3) is 0 Å². The van der Waals surface area contributed by atoms with E-state index in [2.05, 4.69) is 20.9 Å². The summed E-state index contributed by atoms with van der Waals surface area (Å²) in [5.41, 5.74) is 17.6. The lowest BCUT2D eigenvalue weighted by molar-refractivity contribution is -0.144. The number of amides is 5. The lowest BCUT2D eigenvalue weighted by Crippen LogP contribution is -2.59. The summed E-state index contributed by atoms with van der Waals surface area (Å²) in [5, 5.41) is 17.5. The number of aromatic nitrogens is 1. The van der Waals surface area contributed by atoms with Gasteiger partial charge < -0.3 is 43.2 Å². The SMILES string of the molecule is CC[C@H](C)[C@H](NC(=O)[C@H](CC(N)=O)NC(=O)[C@H](Cc1c[nH]c2ccccc12)NC(=O)[C@@H](N)CC(N)=O)C(=O)O. The number of H-pyrrole nitrogens is 1. The zero-order valence-corrected chi connectivity index (χ0v) is 21.7. The van der Waals surface area contributed by atoms with E-state index in [4.69, 9.17) is 17.2 Å². The first-order chi connectivity index (χ1) is 18.3. The number of primary amides is 2. The molecule has 2 rings (SSSR count). The minimum absolute atomic E-state index is 0.0552. The highest BCUT2D eigenvalue weighted by Crippen LogP contribution is 2.19. The minimum atomic E-state index is -1.53. The van der Waals surface area contributed by atoms with Crippen LogP contribution in [0.25, 0.3) is 10.9 Å². The highest BCUT2D eigenvalue weighted by molar-refractivity contribution is 5.97. The van der Waals surface area contributed by atoms with Crippen molar-refractivity contribution in [1.82, 2.24) is 20.9 Å². The molecule has 0 saturated heterocycles. The monoisotopic (exact) mass is 545 g/mol. The Labute approximate surface area is 224 Å². The van der Waals surface area contributed by atoms with Crippen molar-refractivity contribution in [2.45, 2.75) is 63.7 Å². The molecule has 1 aromatic carbocycles. The summed E-state index contributed by atoms with van der Waals surface area (Å²) in [7, 11) is 0. The lowest BCUT2D eigenvalue weighted by Gasteiger charge is -2.26. The molecule has 1 aromatic heterocycles. The first-order valence-corrected chi connectivity index (χ1v) is 12.3. The largest absolute Gasteiger partial charge is 0.480 e. The number of fused-ring (bicyclic) bond motifs is 1. The molecule has 39 heavy (non-hydrogen) atoms. The van der Waals surface area contributed by atoms with Crippen molar-refractivity contribution in [3.63, 3.8) is 0 Å². The van der Waals surface area contributed by atoms with Crippen LogP contribution in [0, 0.1) is 5.92 Å². The first kappa shape index (κ1) is 30.8. The quantitative estimate of drug-likeness (QED) is 0.129. The maximum Gasteiger partial charge on any atom is 0.326 e. The van der Waals surface area contributed by atoms with E-state index in [1.807, 2.05) is 12.1 Å². The number of nitrogens with two attached hydrogens (primary N) is 3. The maximum absolute atomic E-state index is 13.4. The first-order valence-electron chi connectivity index (χ1n) is 12.3. The Morgan fingerprint density at radius 2 is 1.49 bits per heavy atom. The molecule has 0 bridgehead atoms. The van der Waals surface area contributed by atoms with Crippen molar-refractivity contribution in [2.24, 2.45) is 23.1 Å².